The summed E-state index contributed by atoms with van der Waals surface area (Å²) in [5.74, 6) is -0.161. The summed E-state index contributed by atoms with van der Waals surface area (Å²) in [5.41, 5.74) is 2.14. The number of amides is 2. The van der Waals surface area contributed by atoms with Gasteiger partial charge < -0.3 is 10.1 Å². The van der Waals surface area contributed by atoms with Gasteiger partial charge in [0.15, 0.2) is 0 Å². The molecular weight excluding hydrogens is 435 g/mol. The zero-order valence-corrected chi connectivity index (χ0v) is 18.1. The normalized spacial score (nSPS) is 13.7. The molecule has 0 radical (unpaired) electrons. The Morgan fingerprint density at radius 3 is 1.97 bits per heavy atom. The maximum atomic E-state index is 13.3. The summed E-state index contributed by atoms with van der Waals surface area (Å²) >= 11 is 12.0. The third kappa shape index (κ3) is 4.29. The number of hydrogen-bond acceptors (Lipinski definition) is 4. The first-order valence-electron chi connectivity index (χ1n) is 9.62. The first kappa shape index (κ1) is 21.0. The van der Waals surface area contributed by atoms with Crippen molar-refractivity contribution in [1.82, 2.24) is 0 Å². The molecule has 31 heavy (non-hydrogen) atoms. The Labute approximate surface area is 189 Å². The van der Waals surface area contributed by atoms with Gasteiger partial charge >= 0.3 is 0 Å². The van der Waals surface area contributed by atoms with Crippen molar-refractivity contribution in [3.63, 3.8) is 0 Å². The van der Waals surface area contributed by atoms with E-state index in [1.807, 2.05) is 6.92 Å². The number of imide groups is 1. The molecule has 156 valence electrons. The van der Waals surface area contributed by atoms with E-state index in [2.05, 4.69) is 5.32 Å². The summed E-state index contributed by atoms with van der Waals surface area (Å²) in [6, 6.07) is 20.5. The second-order valence-electron chi connectivity index (χ2n) is 6.76. The lowest BCUT2D eigenvalue weighted by atomic mass is 10.0. The number of halogens is 2. The smallest absolute Gasteiger partial charge is 0.282 e. The van der Waals surface area contributed by atoms with Crippen molar-refractivity contribution in [3.05, 3.63) is 94.1 Å². The number of nitrogens with zero attached hydrogens (tertiary/aromatic N) is 1. The van der Waals surface area contributed by atoms with Crippen molar-refractivity contribution in [3.8, 4) is 5.75 Å². The summed E-state index contributed by atoms with van der Waals surface area (Å²) in [7, 11) is 0. The molecule has 0 aliphatic carbocycles. The molecule has 0 saturated carbocycles. The van der Waals surface area contributed by atoms with E-state index in [-0.39, 0.29) is 11.3 Å². The predicted molar refractivity (Wildman–Crippen MR) is 124 cm³/mol. The Morgan fingerprint density at radius 1 is 0.806 bits per heavy atom. The van der Waals surface area contributed by atoms with Gasteiger partial charge in [0.25, 0.3) is 11.8 Å². The molecule has 3 aromatic rings. The lowest BCUT2D eigenvalue weighted by Crippen LogP contribution is -2.32. The highest BCUT2D eigenvalue weighted by molar-refractivity contribution is 6.46. The predicted octanol–water partition coefficient (Wildman–Crippen LogP) is 5.79. The van der Waals surface area contributed by atoms with Gasteiger partial charge in [-0.1, -0.05) is 35.3 Å². The molecule has 1 heterocycles. The molecule has 0 saturated heterocycles. The molecule has 7 heteroatoms. The molecular formula is C24H18Cl2N2O3. The lowest BCUT2D eigenvalue weighted by molar-refractivity contribution is -0.120. The van der Waals surface area contributed by atoms with Crippen LogP contribution in [0.5, 0.6) is 5.75 Å². The summed E-state index contributed by atoms with van der Waals surface area (Å²) in [5, 5.41) is 4.17. The van der Waals surface area contributed by atoms with Gasteiger partial charge in [-0.3, -0.25) is 9.59 Å². The van der Waals surface area contributed by atoms with E-state index in [4.69, 9.17) is 27.9 Å². The monoisotopic (exact) mass is 452 g/mol. The minimum atomic E-state index is -0.453. The minimum absolute atomic E-state index is 0.187. The maximum absolute atomic E-state index is 13.3. The molecule has 0 bridgehead atoms. The fourth-order valence-corrected chi connectivity index (χ4v) is 3.55. The molecule has 1 aliphatic heterocycles. The summed E-state index contributed by atoms with van der Waals surface area (Å²) in [6.07, 6.45) is 0. The fraction of sp³-hybridized carbons (Fsp3) is 0.0833. The Hall–Kier alpha value is -3.28. The second-order valence-corrected chi connectivity index (χ2v) is 7.63. The van der Waals surface area contributed by atoms with Crippen LogP contribution in [-0.4, -0.2) is 18.4 Å². The highest BCUT2D eigenvalue weighted by Gasteiger charge is 2.40. The lowest BCUT2D eigenvalue weighted by Gasteiger charge is -2.15. The third-order valence-corrected chi connectivity index (χ3v) is 5.24. The number of ether oxygens (including phenoxy) is 1. The molecule has 0 fully saturated rings. The first-order valence-corrected chi connectivity index (χ1v) is 10.4. The van der Waals surface area contributed by atoms with Crippen molar-refractivity contribution >= 4 is 52.0 Å². The summed E-state index contributed by atoms with van der Waals surface area (Å²) < 4.78 is 5.46. The number of nitrogens with one attached hydrogen (secondary N) is 1. The van der Waals surface area contributed by atoms with Crippen LogP contribution in [-0.2, 0) is 9.59 Å². The molecule has 0 unspecified atom stereocenters. The van der Waals surface area contributed by atoms with Crippen molar-refractivity contribution in [2.75, 3.05) is 16.8 Å². The maximum Gasteiger partial charge on any atom is 0.282 e. The van der Waals surface area contributed by atoms with Crippen LogP contribution in [0.15, 0.2) is 78.5 Å². The average Bonchev–Trinajstić information content (AvgIpc) is 3.01. The van der Waals surface area contributed by atoms with Gasteiger partial charge in [-0.25, -0.2) is 4.90 Å². The standard InChI is InChI=1S/C24H18Cl2N2O3/c1-2-31-20-13-9-18(10-14-20)27-22-21(15-3-5-16(25)6-4-15)23(29)28(24(22)30)19-11-7-17(26)8-12-19/h3-14,27H,2H2,1H3. The first-order chi connectivity index (χ1) is 15.0. The van der Waals surface area contributed by atoms with Gasteiger partial charge in [0.2, 0.25) is 0 Å². The number of anilines is 2. The highest BCUT2D eigenvalue weighted by Crippen LogP contribution is 2.34. The van der Waals surface area contributed by atoms with Gasteiger partial charge in [-0.15, -0.1) is 0 Å². The van der Waals surface area contributed by atoms with Crippen molar-refractivity contribution < 1.29 is 14.3 Å². The zero-order chi connectivity index (χ0) is 22.0. The van der Waals surface area contributed by atoms with Crippen LogP contribution in [0, 0.1) is 0 Å². The minimum Gasteiger partial charge on any atom is -0.494 e. The largest absolute Gasteiger partial charge is 0.494 e. The van der Waals surface area contributed by atoms with Crippen molar-refractivity contribution in [2.24, 2.45) is 0 Å². The van der Waals surface area contributed by atoms with Crippen molar-refractivity contribution in [2.45, 2.75) is 6.92 Å². The molecule has 0 spiro atoms. The van der Waals surface area contributed by atoms with E-state index < -0.39 is 11.8 Å². The number of hydrogen-bond donors (Lipinski definition) is 1. The van der Waals surface area contributed by atoms with Gasteiger partial charge in [0, 0.05) is 15.7 Å². The van der Waals surface area contributed by atoms with E-state index in [1.165, 1.54) is 0 Å². The van der Waals surface area contributed by atoms with Crippen LogP contribution in [0.2, 0.25) is 10.0 Å². The van der Waals surface area contributed by atoms with Crippen LogP contribution in [0.4, 0.5) is 11.4 Å². The SMILES string of the molecule is CCOc1ccc(NC2=C(c3ccc(Cl)cc3)C(=O)N(c3ccc(Cl)cc3)C2=O)cc1. The number of carbonyl (C=O) groups excluding carboxylic acids is 2. The quantitative estimate of drug-likeness (QED) is 0.480. The van der Waals surface area contributed by atoms with E-state index in [1.54, 1.807) is 72.8 Å². The molecule has 0 aromatic heterocycles. The van der Waals surface area contributed by atoms with Crippen LogP contribution in [0.1, 0.15) is 12.5 Å². The van der Waals surface area contributed by atoms with E-state index >= 15 is 0 Å². The number of benzene rings is 3. The topological polar surface area (TPSA) is 58.6 Å². The number of rotatable bonds is 6. The molecule has 1 N–H and O–H groups in total. The van der Waals surface area contributed by atoms with Gasteiger partial charge in [-0.2, -0.15) is 0 Å². The van der Waals surface area contributed by atoms with Crippen LogP contribution >= 0.6 is 23.2 Å². The Bertz CT molecular complexity index is 1150. The second kappa shape index (κ2) is 8.84. The number of carbonyl (C=O) groups is 2. The molecule has 0 atom stereocenters. The molecule has 5 nitrogen and oxygen atoms in total. The zero-order valence-electron chi connectivity index (χ0n) is 16.6. The molecule has 2 amide bonds. The fourth-order valence-electron chi connectivity index (χ4n) is 3.30. The third-order valence-electron chi connectivity index (χ3n) is 4.74. The highest BCUT2D eigenvalue weighted by atomic mass is 35.5. The van der Waals surface area contributed by atoms with Crippen LogP contribution in [0.25, 0.3) is 5.57 Å². The van der Waals surface area contributed by atoms with Crippen LogP contribution in [0.3, 0.4) is 0 Å². The van der Waals surface area contributed by atoms with Crippen LogP contribution < -0.4 is 15.0 Å². The molecule has 3 aromatic carbocycles. The van der Waals surface area contributed by atoms with Gasteiger partial charge in [0.1, 0.15) is 11.4 Å². The Balaban J connectivity index is 1.75. The van der Waals surface area contributed by atoms with E-state index in [9.17, 15) is 9.59 Å². The van der Waals surface area contributed by atoms with Gasteiger partial charge in [-0.05, 0) is 73.2 Å². The molecule has 1 aliphatic rings. The van der Waals surface area contributed by atoms with Crippen molar-refractivity contribution in [1.29, 1.82) is 0 Å². The van der Waals surface area contributed by atoms with E-state index in [0.717, 1.165) is 10.6 Å². The van der Waals surface area contributed by atoms with E-state index in [0.29, 0.717) is 33.6 Å². The van der Waals surface area contributed by atoms with Gasteiger partial charge in [0.05, 0.1) is 17.9 Å². The summed E-state index contributed by atoms with van der Waals surface area (Å²) in [4.78, 5) is 27.8. The summed E-state index contributed by atoms with van der Waals surface area (Å²) in [6.45, 7) is 2.46. The molecule has 4 rings (SSSR count). The average molecular weight is 453 g/mol. The Morgan fingerprint density at radius 2 is 1.39 bits per heavy atom. The Kier molecular flexibility index (Phi) is 5.98.